The Bertz CT molecular complexity index is 440. The maximum absolute atomic E-state index is 12.1. The topological polar surface area (TPSA) is 21.3 Å². The molecule has 2 nitrogen and oxygen atoms in total. The minimum atomic E-state index is -4.63. The van der Waals surface area contributed by atoms with E-state index in [0.717, 1.165) is 18.5 Å². The number of hydrogen-bond acceptors (Lipinski definition) is 2. The SMILES string of the molecule is CC(CNC1CC1)C(C)Cc1ccc(OC(F)(F)F)cc1. The van der Waals surface area contributed by atoms with Crippen molar-refractivity contribution in [3.8, 4) is 5.75 Å². The highest BCUT2D eigenvalue weighted by molar-refractivity contribution is 5.27. The summed E-state index contributed by atoms with van der Waals surface area (Å²) in [6.45, 7) is 5.39. The number of benzene rings is 1. The summed E-state index contributed by atoms with van der Waals surface area (Å²) >= 11 is 0. The van der Waals surface area contributed by atoms with Gasteiger partial charge in [0.25, 0.3) is 0 Å². The molecule has 1 aromatic carbocycles. The first-order valence-electron chi connectivity index (χ1n) is 7.41. The fraction of sp³-hybridized carbons (Fsp3) is 0.625. The van der Waals surface area contributed by atoms with E-state index < -0.39 is 6.36 Å². The standard InChI is InChI=1S/C16H22F3NO/c1-11(12(2)10-20-14-5-6-14)9-13-3-7-15(8-4-13)21-16(17,18)19/h3-4,7-8,11-12,14,20H,5-6,9-10H2,1-2H3. The Morgan fingerprint density at radius 1 is 1.14 bits per heavy atom. The van der Waals surface area contributed by atoms with E-state index in [2.05, 4.69) is 23.9 Å². The highest BCUT2D eigenvalue weighted by Crippen LogP contribution is 2.25. The molecule has 0 bridgehead atoms. The molecule has 0 spiro atoms. The lowest BCUT2D eigenvalue weighted by atomic mass is 9.89. The van der Waals surface area contributed by atoms with Gasteiger partial charge in [0.2, 0.25) is 0 Å². The Hall–Kier alpha value is -1.23. The van der Waals surface area contributed by atoms with Gasteiger partial charge in [-0.2, -0.15) is 0 Å². The zero-order valence-corrected chi connectivity index (χ0v) is 12.4. The van der Waals surface area contributed by atoms with Crippen molar-refractivity contribution < 1.29 is 17.9 Å². The van der Waals surface area contributed by atoms with Crippen molar-refractivity contribution in [3.05, 3.63) is 29.8 Å². The molecule has 2 atom stereocenters. The van der Waals surface area contributed by atoms with Crippen LogP contribution in [0.4, 0.5) is 13.2 Å². The van der Waals surface area contributed by atoms with E-state index in [9.17, 15) is 13.2 Å². The van der Waals surface area contributed by atoms with Crippen molar-refractivity contribution >= 4 is 0 Å². The Morgan fingerprint density at radius 2 is 1.76 bits per heavy atom. The van der Waals surface area contributed by atoms with Gasteiger partial charge in [0.1, 0.15) is 5.75 Å². The third-order valence-electron chi connectivity index (χ3n) is 3.99. The van der Waals surface area contributed by atoms with Crippen LogP contribution in [0.3, 0.4) is 0 Å². The molecule has 2 rings (SSSR count). The van der Waals surface area contributed by atoms with E-state index in [4.69, 9.17) is 0 Å². The van der Waals surface area contributed by atoms with Crippen molar-refractivity contribution in [1.82, 2.24) is 5.32 Å². The molecule has 0 heterocycles. The average Bonchev–Trinajstić information content (AvgIpc) is 3.20. The summed E-state index contributed by atoms with van der Waals surface area (Å²) in [6, 6.07) is 6.88. The van der Waals surface area contributed by atoms with Gasteiger partial charge in [-0.25, -0.2) is 0 Å². The second kappa shape index (κ2) is 6.69. The van der Waals surface area contributed by atoms with E-state index in [1.165, 1.54) is 25.0 Å². The molecule has 0 radical (unpaired) electrons. The van der Waals surface area contributed by atoms with E-state index in [-0.39, 0.29) is 5.75 Å². The summed E-state index contributed by atoms with van der Waals surface area (Å²) in [7, 11) is 0. The molecular formula is C16H22F3NO. The van der Waals surface area contributed by atoms with Crippen LogP contribution < -0.4 is 10.1 Å². The number of hydrogen-bond donors (Lipinski definition) is 1. The van der Waals surface area contributed by atoms with Crippen LogP contribution in [0.5, 0.6) is 5.75 Å². The van der Waals surface area contributed by atoms with E-state index >= 15 is 0 Å². The number of halogens is 3. The molecule has 1 aliphatic carbocycles. The molecular weight excluding hydrogens is 279 g/mol. The van der Waals surface area contributed by atoms with Gasteiger partial charge >= 0.3 is 6.36 Å². The second-order valence-corrected chi connectivity index (χ2v) is 6.03. The summed E-state index contributed by atoms with van der Waals surface area (Å²) in [5.74, 6) is 0.852. The molecule has 1 aromatic rings. The first kappa shape index (κ1) is 16.1. The van der Waals surface area contributed by atoms with Gasteiger partial charge in [0.05, 0.1) is 0 Å². The molecule has 0 aliphatic heterocycles. The molecule has 21 heavy (non-hydrogen) atoms. The lowest BCUT2D eigenvalue weighted by Crippen LogP contribution is -2.27. The van der Waals surface area contributed by atoms with Crippen LogP contribution in [0, 0.1) is 11.8 Å². The molecule has 0 amide bonds. The quantitative estimate of drug-likeness (QED) is 0.817. The smallest absolute Gasteiger partial charge is 0.406 e. The molecule has 0 aromatic heterocycles. The number of ether oxygens (including phenoxy) is 1. The Kier molecular flexibility index (Phi) is 5.14. The van der Waals surface area contributed by atoms with Gasteiger partial charge < -0.3 is 10.1 Å². The van der Waals surface area contributed by atoms with Crippen molar-refractivity contribution in [2.24, 2.45) is 11.8 Å². The Balaban J connectivity index is 1.81. The molecule has 1 saturated carbocycles. The molecule has 0 saturated heterocycles. The van der Waals surface area contributed by atoms with Gasteiger partial charge in [-0.1, -0.05) is 26.0 Å². The van der Waals surface area contributed by atoms with Crippen molar-refractivity contribution in [2.45, 2.75) is 45.5 Å². The Morgan fingerprint density at radius 3 is 2.29 bits per heavy atom. The summed E-state index contributed by atoms with van der Waals surface area (Å²) in [6.07, 6.45) is -1.21. The highest BCUT2D eigenvalue weighted by Gasteiger charge is 2.31. The number of rotatable bonds is 7. The molecule has 1 N–H and O–H groups in total. The summed E-state index contributed by atoms with van der Waals surface area (Å²) in [4.78, 5) is 0. The van der Waals surface area contributed by atoms with Gasteiger partial charge in [0.15, 0.2) is 0 Å². The van der Waals surface area contributed by atoms with Gasteiger partial charge in [-0.3, -0.25) is 0 Å². The minimum Gasteiger partial charge on any atom is -0.406 e. The van der Waals surface area contributed by atoms with E-state index in [0.29, 0.717) is 17.9 Å². The average molecular weight is 301 g/mol. The largest absolute Gasteiger partial charge is 0.573 e. The predicted molar refractivity (Wildman–Crippen MR) is 76.2 cm³/mol. The lowest BCUT2D eigenvalue weighted by molar-refractivity contribution is -0.274. The van der Waals surface area contributed by atoms with Gasteiger partial charge in [-0.05, 0) is 55.3 Å². The number of alkyl halides is 3. The van der Waals surface area contributed by atoms with Gasteiger partial charge in [0, 0.05) is 6.04 Å². The lowest BCUT2D eigenvalue weighted by Gasteiger charge is -2.20. The fourth-order valence-corrected chi connectivity index (χ4v) is 2.24. The first-order valence-corrected chi connectivity index (χ1v) is 7.41. The van der Waals surface area contributed by atoms with Crippen molar-refractivity contribution in [2.75, 3.05) is 6.54 Å². The second-order valence-electron chi connectivity index (χ2n) is 6.03. The van der Waals surface area contributed by atoms with Crippen LogP contribution in [-0.4, -0.2) is 18.9 Å². The third kappa shape index (κ3) is 5.96. The van der Waals surface area contributed by atoms with E-state index in [1.807, 2.05) is 0 Å². The molecule has 5 heteroatoms. The third-order valence-corrected chi connectivity index (χ3v) is 3.99. The fourth-order valence-electron chi connectivity index (χ4n) is 2.24. The normalized spacial score (nSPS) is 18.3. The van der Waals surface area contributed by atoms with Crippen LogP contribution in [0.25, 0.3) is 0 Å². The van der Waals surface area contributed by atoms with Crippen molar-refractivity contribution in [3.63, 3.8) is 0 Å². The highest BCUT2D eigenvalue weighted by atomic mass is 19.4. The molecule has 2 unspecified atom stereocenters. The van der Waals surface area contributed by atoms with Crippen LogP contribution in [0.2, 0.25) is 0 Å². The van der Waals surface area contributed by atoms with Crippen molar-refractivity contribution in [1.29, 1.82) is 0 Å². The maximum atomic E-state index is 12.1. The summed E-state index contributed by atoms with van der Waals surface area (Å²) in [5, 5.41) is 3.51. The minimum absolute atomic E-state index is 0.164. The van der Waals surface area contributed by atoms with Gasteiger partial charge in [-0.15, -0.1) is 13.2 Å². The van der Waals surface area contributed by atoms with E-state index in [1.54, 1.807) is 12.1 Å². The molecule has 1 fully saturated rings. The maximum Gasteiger partial charge on any atom is 0.573 e. The molecule has 1 aliphatic rings. The van der Waals surface area contributed by atoms with Crippen LogP contribution in [0.15, 0.2) is 24.3 Å². The van der Waals surface area contributed by atoms with Crippen LogP contribution >= 0.6 is 0 Å². The monoisotopic (exact) mass is 301 g/mol. The summed E-state index contributed by atoms with van der Waals surface area (Å²) < 4.78 is 40.1. The predicted octanol–water partition coefficient (Wildman–Crippen LogP) is 4.15. The Labute approximate surface area is 123 Å². The van der Waals surface area contributed by atoms with Crippen LogP contribution in [0.1, 0.15) is 32.3 Å². The molecule has 118 valence electrons. The zero-order valence-electron chi connectivity index (χ0n) is 12.4. The zero-order chi connectivity index (χ0) is 15.5. The summed E-state index contributed by atoms with van der Waals surface area (Å²) in [5.41, 5.74) is 1.04. The van der Waals surface area contributed by atoms with Crippen LogP contribution in [-0.2, 0) is 6.42 Å². The first-order chi connectivity index (χ1) is 9.83. The number of nitrogens with one attached hydrogen (secondary N) is 1.